The second kappa shape index (κ2) is 5.14. The van der Waals surface area contributed by atoms with Gasteiger partial charge in [-0.15, -0.1) is 0 Å². The van der Waals surface area contributed by atoms with Crippen molar-refractivity contribution in [1.29, 1.82) is 0 Å². The molecule has 1 fully saturated rings. The van der Waals surface area contributed by atoms with Crippen molar-refractivity contribution in [3.05, 3.63) is 18.3 Å². The van der Waals surface area contributed by atoms with Crippen LogP contribution in [0.2, 0.25) is 0 Å². The van der Waals surface area contributed by atoms with Crippen molar-refractivity contribution in [1.82, 2.24) is 10.3 Å². The minimum atomic E-state index is -0.176. The second-order valence-corrected chi connectivity index (χ2v) is 4.24. The van der Waals surface area contributed by atoms with Crippen LogP contribution in [0.25, 0.3) is 0 Å². The molecular weight excluding hydrogens is 218 g/mol. The lowest BCUT2D eigenvalue weighted by atomic mass is 10.3. The number of methoxy groups -OCH3 is 1. The predicted octanol–water partition coefficient (Wildman–Crippen LogP) is 1.17. The van der Waals surface area contributed by atoms with E-state index in [1.54, 1.807) is 25.4 Å². The molecular formula is C12H17N3O2. The van der Waals surface area contributed by atoms with Crippen molar-refractivity contribution >= 4 is 11.6 Å². The van der Waals surface area contributed by atoms with E-state index in [0.29, 0.717) is 17.6 Å². The molecule has 5 nitrogen and oxygen atoms in total. The summed E-state index contributed by atoms with van der Waals surface area (Å²) in [5, 5.41) is 6.05. The molecule has 2 rings (SSSR count). The maximum Gasteiger partial charge on any atom is 0.241 e. The number of rotatable bonds is 5. The number of nitrogens with zero attached hydrogens (tertiary/aromatic N) is 1. The molecule has 5 heteroatoms. The summed E-state index contributed by atoms with van der Waals surface area (Å²) in [7, 11) is 1.56. The molecule has 0 saturated heterocycles. The van der Waals surface area contributed by atoms with E-state index in [2.05, 4.69) is 15.6 Å². The van der Waals surface area contributed by atoms with Crippen LogP contribution in [0.4, 0.5) is 5.69 Å². The second-order valence-electron chi connectivity index (χ2n) is 4.24. The number of amides is 1. The molecule has 1 aromatic rings. The van der Waals surface area contributed by atoms with Gasteiger partial charge in [-0.2, -0.15) is 0 Å². The van der Waals surface area contributed by atoms with Gasteiger partial charge in [0.15, 0.2) is 0 Å². The predicted molar refractivity (Wildman–Crippen MR) is 65.0 cm³/mol. The van der Waals surface area contributed by atoms with Crippen molar-refractivity contribution in [2.75, 3.05) is 12.4 Å². The zero-order chi connectivity index (χ0) is 12.3. The lowest BCUT2D eigenvalue weighted by molar-refractivity contribution is -0.117. The SMILES string of the molecule is COc1ccc(NC(=O)C(C)NC2CC2)cn1. The Kier molecular flexibility index (Phi) is 3.58. The number of anilines is 1. The van der Waals surface area contributed by atoms with Crippen LogP contribution in [0.1, 0.15) is 19.8 Å². The molecule has 1 heterocycles. The molecule has 17 heavy (non-hydrogen) atoms. The first-order valence-corrected chi connectivity index (χ1v) is 5.76. The highest BCUT2D eigenvalue weighted by Gasteiger charge is 2.25. The molecule has 0 aromatic carbocycles. The summed E-state index contributed by atoms with van der Waals surface area (Å²) in [5.41, 5.74) is 0.681. The van der Waals surface area contributed by atoms with Gasteiger partial charge in [0.2, 0.25) is 11.8 Å². The zero-order valence-electron chi connectivity index (χ0n) is 10.1. The van der Waals surface area contributed by atoms with Crippen LogP contribution in [0, 0.1) is 0 Å². The first-order valence-electron chi connectivity index (χ1n) is 5.76. The number of nitrogens with one attached hydrogen (secondary N) is 2. The van der Waals surface area contributed by atoms with Gasteiger partial charge in [-0.05, 0) is 25.8 Å². The molecule has 1 aliphatic carbocycles. The molecule has 0 bridgehead atoms. The molecule has 1 amide bonds. The summed E-state index contributed by atoms with van der Waals surface area (Å²) in [6.45, 7) is 1.87. The van der Waals surface area contributed by atoms with E-state index in [4.69, 9.17) is 4.74 Å². The highest BCUT2D eigenvalue weighted by Crippen LogP contribution is 2.19. The van der Waals surface area contributed by atoms with Gasteiger partial charge in [0.25, 0.3) is 0 Å². The maximum atomic E-state index is 11.8. The number of pyridine rings is 1. The Morgan fingerprint density at radius 3 is 2.82 bits per heavy atom. The molecule has 1 saturated carbocycles. The number of hydrogen-bond acceptors (Lipinski definition) is 4. The first-order chi connectivity index (χ1) is 8.19. The van der Waals surface area contributed by atoms with Gasteiger partial charge >= 0.3 is 0 Å². The van der Waals surface area contributed by atoms with Crippen molar-refractivity contribution in [3.63, 3.8) is 0 Å². The van der Waals surface area contributed by atoms with Gasteiger partial charge in [-0.1, -0.05) is 0 Å². The first kappa shape index (κ1) is 11.9. The largest absolute Gasteiger partial charge is 0.481 e. The summed E-state index contributed by atoms with van der Waals surface area (Å²) in [6.07, 6.45) is 3.92. The van der Waals surface area contributed by atoms with Crippen LogP contribution in [0.3, 0.4) is 0 Å². The van der Waals surface area contributed by atoms with Crippen LogP contribution in [0.15, 0.2) is 18.3 Å². The van der Waals surface area contributed by atoms with E-state index in [9.17, 15) is 4.79 Å². The van der Waals surface area contributed by atoms with E-state index >= 15 is 0 Å². The Morgan fingerprint density at radius 2 is 2.29 bits per heavy atom. The summed E-state index contributed by atoms with van der Waals surface area (Å²) < 4.78 is 4.95. The molecule has 1 aliphatic rings. The van der Waals surface area contributed by atoms with Gasteiger partial charge in [0.1, 0.15) is 0 Å². The van der Waals surface area contributed by atoms with E-state index in [1.807, 2.05) is 6.92 Å². The fraction of sp³-hybridized carbons (Fsp3) is 0.500. The number of carbonyl (C=O) groups excluding carboxylic acids is 1. The van der Waals surface area contributed by atoms with E-state index in [-0.39, 0.29) is 11.9 Å². The summed E-state index contributed by atoms with van der Waals surface area (Å²) in [4.78, 5) is 15.8. The Balaban J connectivity index is 1.87. The number of hydrogen-bond donors (Lipinski definition) is 2. The fourth-order valence-corrected chi connectivity index (χ4v) is 1.50. The van der Waals surface area contributed by atoms with Crippen molar-refractivity contribution in [3.8, 4) is 5.88 Å². The standard InChI is InChI=1S/C12H17N3O2/c1-8(14-9-3-4-9)12(16)15-10-5-6-11(17-2)13-7-10/h5-9,14H,3-4H2,1-2H3,(H,15,16). The molecule has 1 aromatic heterocycles. The smallest absolute Gasteiger partial charge is 0.241 e. The molecule has 0 radical (unpaired) electrons. The highest BCUT2D eigenvalue weighted by atomic mass is 16.5. The number of ether oxygens (including phenoxy) is 1. The quantitative estimate of drug-likeness (QED) is 0.804. The average Bonchev–Trinajstić information content (AvgIpc) is 3.14. The monoisotopic (exact) mass is 235 g/mol. The van der Waals surface area contributed by atoms with Crippen molar-refractivity contribution in [2.24, 2.45) is 0 Å². The Morgan fingerprint density at radius 1 is 1.53 bits per heavy atom. The van der Waals surface area contributed by atoms with Gasteiger partial charge in [0.05, 0.1) is 25.0 Å². The minimum absolute atomic E-state index is 0.0381. The Labute approximate surface area is 101 Å². The fourth-order valence-electron chi connectivity index (χ4n) is 1.50. The van der Waals surface area contributed by atoms with E-state index in [1.165, 1.54) is 12.8 Å². The van der Waals surface area contributed by atoms with E-state index < -0.39 is 0 Å². The minimum Gasteiger partial charge on any atom is -0.481 e. The third kappa shape index (κ3) is 3.42. The lowest BCUT2D eigenvalue weighted by Gasteiger charge is -2.13. The van der Waals surface area contributed by atoms with Crippen LogP contribution in [0.5, 0.6) is 5.88 Å². The Hall–Kier alpha value is -1.62. The molecule has 0 spiro atoms. The maximum absolute atomic E-state index is 11.8. The average molecular weight is 235 g/mol. The number of aromatic nitrogens is 1. The van der Waals surface area contributed by atoms with Gasteiger partial charge < -0.3 is 15.4 Å². The van der Waals surface area contributed by atoms with Crippen molar-refractivity contribution in [2.45, 2.75) is 31.8 Å². The lowest BCUT2D eigenvalue weighted by Crippen LogP contribution is -2.39. The van der Waals surface area contributed by atoms with E-state index in [0.717, 1.165) is 0 Å². The third-order valence-corrected chi connectivity index (χ3v) is 2.67. The molecule has 1 atom stereocenters. The summed E-state index contributed by atoms with van der Waals surface area (Å²) >= 11 is 0. The van der Waals surface area contributed by atoms with Crippen molar-refractivity contribution < 1.29 is 9.53 Å². The Bertz CT molecular complexity index is 387. The van der Waals surface area contributed by atoms with Gasteiger partial charge in [0, 0.05) is 12.1 Å². The molecule has 92 valence electrons. The molecule has 0 aliphatic heterocycles. The van der Waals surface area contributed by atoms with Crippen LogP contribution in [-0.4, -0.2) is 30.1 Å². The van der Waals surface area contributed by atoms with Gasteiger partial charge in [-0.25, -0.2) is 4.98 Å². The van der Waals surface area contributed by atoms with Crippen LogP contribution in [-0.2, 0) is 4.79 Å². The van der Waals surface area contributed by atoms with Crippen LogP contribution < -0.4 is 15.4 Å². The third-order valence-electron chi connectivity index (χ3n) is 2.67. The highest BCUT2D eigenvalue weighted by molar-refractivity contribution is 5.94. The van der Waals surface area contributed by atoms with Crippen LogP contribution >= 0.6 is 0 Å². The molecule has 1 unspecified atom stereocenters. The van der Waals surface area contributed by atoms with Gasteiger partial charge in [-0.3, -0.25) is 4.79 Å². The number of carbonyl (C=O) groups is 1. The summed E-state index contributed by atoms with van der Waals surface area (Å²) in [6, 6.07) is 3.83. The summed E-state index contributed by atoms with van der Waals surface area (Å²) in [5.74, 6) is 0.496. The topological polar surface area (TPSA) is 63.2 Å². The normalized spacial score (nSPS) is 16.4. The zero-order valence-corrected chi connectivity index (χ0v) is 10.1. The molecule has 2 N–H and O–H groups in total.